The van der Waals surface area contributed by atoms with Gasteiger partial charge in [0, 0.05) is 44.2 Å². The van der Waals surface area contributed by atoms with Gasteiger partial charge in [0.15, 0.2) is 0 Å². The summed E-state index contributed by atoms with van der Waals surface area (Å²) in [4.78, 5) is 42.6. The first-order valence-corrected chi connectivity index (χ1v) is 14.0. The van der Waals surface area contributed by atoms with E-state index in [4.69, 9.17) is 9.47 Å². The Bertz CT molecular complexity index is 1450. The Hall–Kier alpha value is -4.18. The molecule has 3 heterocycles. The van der Waals surface area contributed by atoms with Gasteiger partial charge in [-0.1, -0.05) is 18.2 Å². The number of carbonyl (C=O) groups excluding carboxylic acids is 3. The summed E-state index contributed by atoms with van der Waals surface area (Å²) in [7, 11) is 1.60. The average molecular weight is 560 g/mol. The summed E-state index contributed by atoms with van der Waals surface area (Å²) in [6.07, 6.45) is 1.16. The topological polar surface area (TPSA) is 117 Å². The van der Waals surface area contributed by atoms with Crippen molar-refractivity contribution in [2.75, 3.05) is 26.7 Å². The maximum absolute atomic E-state index is 13.2. The van der Waals surface area contributed by atoms with Crippen LogP contribution in [0.1, 0.15) is 51.3 Å². The second kappa shape index (κ2) is 12.1. The van der Waals surface area contributed by atoms with Crippen molar-refractivity contribution in [1.29, 1.82) is 0 Å². The molecule has 3 amide bonds. The molecule has 0 spiro atoms. The number of nitrogens with one attached hydrogen (secondary N) is 2. The number of ether oxygens (including phenoxy) is 2. The normalized spacial score (nSPS) is 19.8. The molecule has 2 aliphatic rings. The van der Waals surface area contributed by atoms with Gasteiger partial charge in [0.05, 0.1) is 31.0 Å². The van der Waals surface area contributed by atoms with Crippen LogP contribution in [0.4, 0.5) is 0 Å². The van der Waals surface area contributed by atoms with E-state index in [-0.39, 0.29) is 30.4 Å². The first kappa shape index (κ1) is 28.4. The molecule has 10 nitrogen and oxygen atoms in total. The zero-order valence-corrected chi connectivity index (χ0v) is 24.0. The van der Waals surface area contributed by atoms with Gasteiger partial charge in [0.2, 0.25) is 11.8 Å². The molecule has 0 radical (unpaired) electrons. The molecule has 1 aromatic heterocycles. The third-order valence-corrected chi connectivity index (χ3v) is 7.93. The van der Waals surface area contributed by atoms with Crippen LogP contribution in [0.25, 0.3) is 0 Å². The monoisotopic (exact) mass is 559 g/mol. The Labute approximate surface area is 240 Å². The van der Waals surface area contributed by atoms with Gasteiger partial charge < -0.3 is 24.6 Å². The molecule has 216 valence electrons. The highest BCUT2D eigenvalue weighted by atomic mass is 16.5. The Balaban J connectivity index is 1.34. The molecule has 2 atom stereocenters. The fourth-order valence-electron chi connectivity index (χ4n) is 5.29. The van der Waals surface area contributed by atoms with Gasteiger partial charge in [0.25, 0.3) is 5.91 Å². The minimum atomic E-state index is -0.420. The van der Waals surface area contributed by atoms with Crippen LogP contribution in [0.3, 0.4) is 0 Å². The van der Waals surface area contributed by atoms with Gasteiger partial charge in [-0.3, -0.25) is 19.5 Å². The van der Waals surface area contributed by atoms with Crippen molar-refractivity contribution >= 4 is 17.7 Å². The lowest BCUT2D eigenvalue weighted by Crippen LogP contribution is -2.58. The number of hydrogen-bond acceptors (Lipinski definition) is 6. The lowest BCUT2D eigenvalue weighted by Gasteiger charge is -2.39. The number of aromatic amines is 1. The molecule has 1 fully saturated rings. The fourth-order valence-corrected chi connectivity index (χ4v) is 5.29. The number of piperidine rings is 1. The van der Waals surface area contributed by atoms with Crippen LogP contribution in [0.15, 0.2) is 42.5 Å². The van der Waals surface area contributed by atoms with Gasteiger partial charge in [-0.2, -0.15) is 5.10 Å². The quantitative estimate of drug-likeness (QED) is 0.508. The van der Waals surface area contributed by atoms with Crippen LogP contribution >= 0.6 is 0 Å². The van der Waals surface area contributed by atoms with Crippen LogP contribution in [0.5, 0.6) is 11.5 Å². The standard InChI is InChI=1S/C31H37N5O5/c1-19-8-9-23-15-28(19)41-24-7-5-6-22(14-24)18-40-27-12-13-36(16-26(27)32-29(37)17-35(4)31(23)39)30(38)11-10-25-20(2)21(3)33-34-25/h5-9,14-15,26-27H,10-13,16-18H2,1-4H3,(H,32,37)(H,33,34)/t26-,27+/m0/s1. The van der Waals surface area contributed by atoms with Gasteiger partial charge in [-0.05, 0) is 68.1 Å². The van der Waals surface area contributed by atoms with E-state index in [1.807, 2.05) is 51.1 Å². The Kier molecular flexibility index (Phi) is 8.39. The summed E-state index contributed by atoms with van der Waals surface area (Å²) >= 11 is 0. The number of amides is 3. The van der Waals surface area contributed by atoms with E-state index in [1.165, 1.54) is 4.90 Å². The Morgan fingerprint density at radius 1 is 1.12 bits per heavy atom. The molecule has 2 N–H and O–H groups in total. The van der Waals surface area contributed by atoms with Crippen molar-refractivity contribution in [1.82, 2.24) is 25.3 Å². The number of rotatable bonds is 3. The van der Waals surface area contributed by atoms with Gasteiger partial charge in [-0.25, -0.2) is 0 Å². The minimum absolute atomic E-state index is 0.0113. The third kappa shape index (κ3) is 6.59. The summed E-state index contributed by atoms with van der Waals surface area (Å²) in [6.45, 7) is 6.94. The first-order valence-electron chi connectivity index (χ1n) is 14.0. The number of H-pyrrole nitrogens is 1. The van der Waals surface area contributed by atoms with E-state index in [2.05, 4.69) is 15.5 Å². The van der Waals surface area contributed by atoms with Gasteiger partial charge in [-0.15, -0.1) is 0 Å². The molecule has 41 heavy (non-hydrogen) atoms. The predicted molar refractivity (Wildman–Crippen MR) is 153 cm³/mol. The highest BCUT2D eigenvalue weighted by Crippen LogP contribution is 2.28. The molecule has 10 heteroatoms. The predicted octanol–water partition coefficient (Wildman–Crippen LogP) is 3.45. The van der Waals surface area contributed by atoms with Crippen molar-refractivity contribution in [2.24, 2.45) is 0 Å². The zero-order chi connectivity index (χ0) is 29.1. The van der Waals surface area contributed by atoms with Crippen LogP contribution in [-0.4, -0.2) is 76.5 Å². The van der Waals surface area contributed by atoms with E-state index in [0.717, 1.165) is 28.1 Å². The molecular formula is C31H37N5O5. The third-order valence-electron chi connectivity index (χ3n) is 7.93. The van der Waals surface area contributed by atoms with Crippen LogP contribution < -0.4 is 10.1 Å². The molecule has 0 aliphatic carbocycles. The summed E-state index contributed by atoms with van der Waals surface area (Å²) in [5.41, 5.74) is 5.22. The van der Waals surface area contributed by atoms with Crippen LogP contribution in [0.2, 0.25) is 0 Å². The van der Waals surface area contributed by atoms with Gasteiger partial charge in [0.1, 0.15) is 11.5 Å². The van der Waals surface area contributed by atoms with E-state index >= 15 is 0 Å². The number of hydrogen-bond donors (Lipinski definition) is 2. The van der Waals surface area contributed by atoms with E-state index < -0.39 is 6.04 Å². The number of carbonyl (C=O) groups is 3. The van der Waals surface area contributed by atoms with Crippen molar-refractivity contribution in [2.45, 2.75) is 58.8 Å². The number of aromatic nitrogens is 2. The fraction of sp³-hybridized carbons (Fsp3) is 0.419. The summed E-state index contributed by atoms with van der Waals surface area (Å²) in [6, 6.07) is 12.5. The second-order valence-corrected chi connectivity index (χ2v) is 11.0. The lowest BCUT2D eigenvalue weighted by atomic mass is 10.0. The Morgan fingerprint density at radius 3 is 2.73 bits per heavy atom. The first-order chi connectivity index (χ1) is 19.7. The number of fused-ring (bicyclic) bond motifs is 5. The largest absolute Gasteiger partial charge is 0.457 e. The molecule has 5 rings (SSSR count). The molecule has 1 saturated heterocycles. The molecule has 0 saturated carbocycles. The van der Waals surface area contributed by atoms with Crippen molar-refractivity contribution in [3.8, 4) is 11.5 Å². The van der Waals surface area contributed by atoms with Crippen molar-refractivity contribution < 1.29 is 23.9 Å². The average Bonchev–Trinajstić information content (AvgIpc) is 3.28. The number of likely N-dealkylation sites (tertiary alicyclic amines) is 1. The maximum Gasteiger partial charge on any atom is 0.254 e. The highest BCUT2D eigenvalue weighted by Gasteiger charge is 2.34. The number of benzene rings is 2. The highest BCUT2D eigenvalue weighted by molar-refractivity contribution is 5.96. The van der Waals surface area contributed by atoms with Crippen LogP contribution in [0, 0.1) is 20.8 Å². The smallest absolute Gasteiger partial charge is 0.254 e. The maximum atomic E-state index is 13.2. The number of nitrogens with zero attached hydrogens (tertiary/aromatic N) is 3. The van der Waals surface area contributed by atoms with E-state index in [0.29, 0.717) is 56.0 Å². The summed E-state index contributed by atoms with van der Waals surface area (Å²) in [5, 5.41) is 10.3. The minimum Gasteiger partial charge on any atom is -0.457 e. The zero-order valence-electron chi connectivity index (χ0n) is 24.0. The van der Waals surface area contributed by atoms with Crippen molar-refractivity contribution in [3.05, 3.63) is 76.1 Å². The summed E-state index contributed by atoms with van der Waals surface area (Å²) in [5.74, 6) is 0.634. The van der Waals surface area contributed by atoms with Crippen LogP contribution in [-0.2, 0) is 27.4 Å². The molecule has 4 bridgehead atoms. The van der Waals surface area contributed by atoms with E-state index in [1.54, 1.807) is 24.1 Å². The molecule has 3 aromatic rings. The lowest BCUT2D eigenvalue weighted by molar-refractivity contribution is -0.137. The molecule has 2 aliphatic heterocycles. The second-order valence-electron chi connectivity index (χ2n) is 11.0. The number of aryl methyl sites for hydroxylation is 3. The van der Waals surface area contributed by atoms with Gasteiger partial charge >= 0.3 is 0 Å². The summed E-state index contributed by atoms with van der Waals surface area (Å²) < 4.78 is 12.5. The molecular weight excluding hydrogens is 522 g/mol. The SMILES string of the molecule is Cc1ccc2cc1Oc1cccc(c1)CO[C@@H]1CCN(C(=O)CCc3n[nH]c(C)c3C)C[C@@H]1NC(=O)CN(C)C2=O. The van der Waals surface area contributed by atoms with Crippen molar-refractivity contribution in [3.63, 3.8) is 0 Å². The molecule has 0 unspecified atom stereocenters. The molecule has 2 aromatic carbocycles. The Morgan fingerprint density at radius 2 is 1.95 bits per heavy atom. The van der Waals surface area contributed by atoms with E-state index in [9.17, 15) is 14.4 Å². The number of likely N-dealkylation sites (N-methyl/N-ethyl adjacent to an activating group) is 1.